The molecule has 0 aliphatic carbocycles. The minimum absolute atomic E-state index is 0.0445. The molecule has 2 saturated heterocycles. The summed E-state index contributed by atoms with van der Waals surface area (Å²) in [7, 11) is 0. The molecule has 0 aromatic carbocycles. The number of esters is 1. The quantitative estimate of drug-likeness (QED) is 0.569. The Morgan fingerprint density at radius 1 is 1.59 bits per heavy atom. The molecule has 0 radical (unpaired) electrons. The maximum absolute atomic E-state index is 11.5. The minimum atomic E-state index is -0.333. The molecule has 0 aromatic rings. The molecule has 2 fully saturated rings. The lowest BCUT2D eigenvalue weighted by Crippen LogP contribution is -2.96. The molecular weight excluding hydrogens is 224 g/mol. The van der Waals surface area contributed by atoms with E-state index in [-0.39, 0.29) is 30.4 Å². The molecule has 96 valence electrons. The number of amides is 1. The first-order valence-electron chi connectivity index (χ1n) is 6.14. The van der Waals surface area contributed by atoms with E-state index in [9.17, 15) is 9.59 Å². The fraction of sp³-hybridized carbons (Fsp3) is 0.818. The van der Waals surface area contributed by atoms with Crippen LogP contribution in [0.2, 0.25) is 0 Å². The number of quaternary nitrogens is 1. The second kappa shape index (κ2) is 5.97. The Hall–Kier alpha value is -1.14. The van der Waals surface area contributed by atoms with Crippen molar-refractivity contribution in [3.8, 4) is 0 Å². The van der Waals surface area contributed by atoms with Gasteiger partial charge in [-0.15, -0.1) is 0 Å². The summed E-state index contributed by atoms with van der Waals surface area (Å²) >= 11 is 0. The fourth-order valence-electron chi connectivity index (χ4n) is 2.09. The molecule has 3 N–H and O–H groups in total. The number of rotatable bonds is 4. The normalized spacial score (nSPS) is 28.8. The van der Waals surface area contributed by atoms with Crippen LogP contribution in [-0.4, -0.2) is 50.3 Å². The Balaban J connectivity index is 1.67. The Morgan fingerprint density at radius 3 is 3.18 bits per heavy atom. The first-order valence-corrected chi connectivity index (χ1v) is 6.14. The first kappa shape index (κ1) is 12.3. The maximum atomic E-state index is 11.5. The zero-order chi connectivity index (χ0) is 12.1. The van der Waals surface area contributed by atoms with E-state index in [1.807, 2.05) is 5.32 Å². The average molecular weight is 243 g/mol. The lowest BCUT2D eigenvalue weighted by Gasteiger charge is -2.19. The van der Waals surface area contributed by atoms with Gasteiger partial charge < -0.3 is 20.1 Å². The summed E-state index contributed by atoms with van der Waals surface area (Å²) in [6.45, 7) is 2.55. The van der Waals surface area contributed by atoms with Crippen LogP contribution in [0.4, 0.5) is 0 Å². The van der Waals surface area contributed by atoms with Crippen molar-refractivity contribution in [2.75, 3.05) is 26.3 Å². The number of ether oxygens (including phenoxy) is 2. The van der Waals surface area contributed by atoms with Crippen molar-refractivity contribution in [2.24, 2.45) is 0 Å². The van der Waals surface area contributed by atoms with Crippen molar-refractivity contribution >= 4 is 11.9 Å². The van der Waals surface area contributed by atoms with E-state index in [1.54, 1.807) is 0 Å². The molecule has 0 saturated carbocycles. The maximum Gasteiger partial charge on any atom is 0.312 e. The van der Waals surface area contributed by atoms with E-state index in [2.05, 4.69) is 5.32 Å². The number of carbonyl (C=O) groups is 2. The van der Waals surface area contributed by atoms with Gasteiger partial charge >= 0.3 is 5.97 Å². The number of hydrogen-bond acceptors (Lipinski definition) is 4. The summed E-state index contributed by atoms with van der Waals surface area (Å²) in [5, 5.41) is 4.61. The van der Waals surface area contributed by atoms with E-state index in [4.69, 9.17) is 9.47 Å². The van der Waals surface area contributed by atoms with Crippen LogP contribution in [0, 0.1) is 0 Å². The Kier molecular flexibility index (Phi) is 4.33. The summed E-state index contributed by atoms with van der Waals surface area (Å²) in [4.78, 5) is 23.0. The van der Waals surface area contributed by atoms with Gasteiger partial charge in [-0.3, -0.25) is 9.59 Å². The standard InChI is InChI=1S/C11H18N2O4/c14-10(17-7-8-2-1-5-16-8)6-9-11(15)13-4-3-12-9/h8-9,12H,1-7H2,(H,13,15)/p+1/t8-,9-/m1/s1. The second-order valence-electron chi connectivity index (χ2n) is 4.44. The number of hydrogen-bond donors (Lipinski definition) is 2. The summed E-state index contributed by atoms with van der Waals surface area (Å²) in [6, 6.07) is -0.333. The van der Waals surface area contributed by atoms with Crippen LogP contribution in [0.25, 0.3) is 0 Å². The molecule has 2 aliphatic rings. The number of nitrogens with one attached hydrogen (secondary N) is 1. The molecule has 0 aromatic heterocycles. The molecule has 1 amide bonds. The van der Waals surface area contributed by atoms with Gasteiger partial charge in [0.25, 0.3) is 5.91 Å². The molecule has 0 unspecified atom stereocenters. The van der Waals surface area contributed by atoms with Crippen LogP contribution in [0.3, 0.4) is 0 Å². The first-order chi connectivity index (χ1) is 8.25. The summed E-state index contributed by atoms with van der Waals surface area (Å²) in [5.74, 6) is -0.399. The van der Waals surface area contributed by atoms with Gasteiger partial charge in [0.15, 0.2) is 6.04 Å². The Bertz CT molecular complexity index is 289. The predicted octanol–water partition coefficient (Wildman–Crippen LogP) is -1.84. The monoisotopic (exact) mass is 243 g/mol. The zero-order valence-corrected chi connectivity index (χ0v) is 9.81. The molecule has 2 atom stereocenters. The molecule has 2 heterocycles. The zero-order valence-electron chi connectivity index (χ0n) is 9.81. The number of carbonyl (C=O) groups excluding carboxylic acids is 2. The third-order valence-corrected chi connectivity index (χ3v) is 3.07. The van der Waals surface area contributed by atoms with Crippen LogP contribution in [0.5, 0.6) is 0 Å². The highest BCUT2D eigenvalue weighted by Crippen LogP contribution is 2.12. The average Bonchev–Trinajstić information content (AvgIpc) is 2.82. The van der Waals surface area contributed by atoms with Gasteiger partial charge in [-0.25, -0.2) is 0 Å². The summed E-state index contributed by atoms with van der Waals surface area (Å²) in [6.07, 6.45) is 2.16. The van der Waals surface area contributed by atoms with Gasteiger partial charge in [0.1, 0.15) is 13.0 Å². The van der Waals surface area contributed by atoms with Crippen molar-refractivity contribution in [3.05, 3.63) is 0 Å². The van der Waals surface area contributed by atoms with Crippen molar-refractivity contribution in [1.29, 1.82) is 0 Å². The van der Waals surface area contributed by atoms with E-state index < -0.39 is 0 Å². The van der Waals surface area contributed by atoms with Gasteiger partial charge in [0.05, 0.1) is 19.2 Å². The molecule has 17 heavy (non-hydrogen) atoms. The molecule has 6 nitrogen and oxygen atoms in total. The van der Waals surface area contributed by atoms with Gasteiger partial charge in [-0.1, -0.05) is 0 Å². The van der Waals surface area contributed by atoms with Crippen LogP contribution < -0.4 is 10.6 Å². The van der Waals surface area contributed by atoms with Crippen molar-refractivity contribution < 1.29 is 24.4 Å². The molecule has 2 rings (SSSR count). The number of nitrogens with two attached hydrogens (primary N) is 1. The fourth-order valence-corrected chi connectivity index (χ4v) is 2.09. The smallest absolute Gasteiger partial charge is 0.312 e. The van der Waals surface area contributed by atoms with E-state index in [0.717, 1.165) is 26.0 Å². The van der Waals surface area contributed by atoms with Crippen LogP contribution in [-0.2, 0) is 19.1 Å². The highest BCUT2D eigenvalue weighted by atomic mass is 16.6. The van der Waals surface area contributed by atoms with Crippen molar-refractivity contribution in [2.45, 2.75) is 31.4 Å². The molecule has 2 aliphatic heterocycles. The molecule has 0 spiro atoms. The Morgan fingerprint density at radius 2 is 2.47 bits per heavy atom. The summed E-state index contributed by atoms with van der Waals surface area (Å²) in [5.41, 5.74) is 0. The number of piperazine rings is 1. The molecular formula is C11H19N2O4+. The predicted molar refractivity (Wildman–Crippen MR) is 58.1 cm³/mol. The second-order valence-corrected chi connectivity index (χ2v) is 4.44. The van der Waals surface area contributed by atoms with Gasteiger partial charge in [0.2, 0.25) is 0 Å². The third-order valence-electron chi connectivity index (χ3n) is 3.07. The highest BCUT2D eigenvalue weighted by Gasteiger charge is 2.29. The van der Waals surface area contributed by atoms with Gasteiger partial charge in [-0.2, -0.15) is 0 Å². The lowest BCUT2D eigenvalue weighted by molar-refractivity contribution is -0.678. The molecule has 6 heteroatoms. The van der Waals surface area contributed by atoms with Gasteiger partial charge in [-0.05, 0) is 12.8 Å². The highest BCUT2D eigenvalue weighted by molar-refractivity contribution is 5.85. The van der Waals surface area contributed by atoms with E-state index in [0.29, 0.717) is 13.2 Å². The van der Waals surface area contributed by atoms with E-state index >= 15 is 0 Å². The molecule has 0 bridgehead atoms. The van der Waals surface area contributed by atoms with Crippen LogP contribution in [0.15, 0.2) is 0 Å². The van der Waals surface area contributed by atoms with Crippen molar-refractivity contribution in [3.63, 3.8) is 0 Å². The van der Waals surface area contributed by atoms with Crippen molar-refractivity contribution in [1.82, 2.24) is 5.32 Å². The SMILES string of the molecule is O=C(C[C@H]1[NH2+]CCNC1=O)OC[C@H]1CCCO1. The van der Waals surface area contributed by atoms with Gasteiger partial charge in [0, 0.05) is 6.61 Å². The largest absolute Gasteiger partial charge is 0.463 e. The minimum Gasteiger partial charge on any atom is -0.463 e. The van der Waals surface area contributed by atoms with E-state index in [1.165, 1.54) is 0 Å². The third kappa shape index (κ3) is 3.67. The van der Waals surface area contributed by atoms with Crippen LogP contribution in [0.1, 0.15) is 19.3 Å². The Labute approximate surface area is 100 Å². The van der Waals surface area contributed by atoms with Crippen LogP contribution >= 0.6 is 0 Å². The lowest BCUT2D eigenvalue weighted by atomic mass is 10.1. The summed E-state index contributed by atoms with van der Waals surface area (Å²) < 4.78 is 10.5. The topological polar surface area (TPSA) is 81.2 Å².